The first kappa shape index (κ1) is 17.7. The SMILES string of the molecule is CCn1ccnc1[C@H]1OCCC[C@@H]1Nc1ccc2nnc(C(F)(F)F)n2n1. The number of halogens is 3. The van der Waals surface area contributed by atoms with Gasteiger partial charge >= 0.3 is 6.18 Å². The summed E-state index contributed by atoms with van der Waals surface area (Å²) in [4.78, 5) is 4.39. The summed E-state index contributed by atoms with van der Waals surface area (Å²) in [6.07, 6.45) is 0.271. The minimum Gasteiger partial charge on any atom is -0.368 e. The fraction of sp³-hybridized carbons (Fsp3) is 0.500. The zero-order valence-corrected chi connectivity index (χ0v) is 14.5. The van der Waals surface area contributed by atoms with Gasteiger partial charge in [-0.1, -0.05) is 0 Å². The van der Waals surface area contributed by atoms with Crippen molar-refractivity contribution in [3.63, 3.8) is 0 Å². The molecule has 0 saturated carbocycles. The van der Waals surface area contributed by atoms with Crippen molar-refractivity contribution in [2.75, 3.05) is 11.9 Å². The summed E-state index contributed by atoms with van der Waals surface area (Å²) in [5.41, 5.74) is 0.0332. The third-order valence-corrected chi connectivity index (χ3v) is 4.51. The molecule has 0 amide bonds. The van der Waals surface area contributed by atoms with Crippen molar-refractivity contribution in [1.29, 1.82) is 0 Å². The molecule has 1 fully saturated rings. The second kappa shape index (κ2) is 6.80. The minimum absolute atomic E-state index is 0.0332. The Morgan fingerprint density at radius 2 is 2.15 bits per heavy atom. The zero-order valence-electron chi connectivity index (χ0n) is 14.5. The van der Waals surface area contributed by atoms with Gasteiger partial charge in [-0.05, 0) is 31.9 Å². The van der Waals surface area contributed by atoms with Crippen molar-refractivity contribution < 1.29 is 17.9 Å². The zero-order chi connectivity index (χ0) is 19.0. The van der Waals surface area contributed by atoms with Crippen molar-refractivity contribution in [2.24, 2.45) is 0 Å². The normalized spacial score (nSPS) is 20.9. The molecule has 0 bridgehead atoms. The van der Waals surface area contributed by atoms with Gasteiger partial charge in [-0.2, -0.15) is 17.7 Å². The third-order valence-electron chi connectivity index (χ3n) is 4.51. The number of imidazole rings is 1. The number of hydrogen-bond donors (Lipinski definition) is 1. The van der Waals surface area contributed by atoms with Crippen LogP contribution in [0.5, 0.6) is 0 Å². The molecule has 27 heavy (non-hydrogen) atoms. The van der Waals surface area contributed by atoms with Crippen LogP contribution < -0.4 is 5.32 Å². The van der Waals surface area contributed by atoms with E-state index in [1.165, 1.54) is 6.07 Å². The van der Waals surface area contributed by atoms with Crippen LogP contribution in [-0.4, -0.2) is 42.0 Å². The Bertz CT molecular complexity index is 936. The summed E-state index contributed by atoms with van der Waals surface area (Å²) in [5.74, 6) is -0.0712. The van der Waals surface area contributed by atoms with Crippen LogP contribution in [0.25, 0.3) is 5.65 Å². The maximum absolute atomic E-state index is 13.1. The van der Waals surface area contributed by atoms with Gasteiger partial charge in [-0.15, -0.1) is 15.3 Å². The fourth-order valence-electron chi connectivity index (χ4n) is 3.26. The number of alkyl halides is 3. The van der Waals surface area contributed by atoms with Gasteiger partial charge in [-0.25, -0.2) is 4.98 Å². The van der Waals surface area contributed by atoms with Gasteiger partial charge < -0.3 is 14.6 Å². The summed E-state index contributed by atoms with van der Waals surface area (Å²) >= 11 is 0. The van der Waals surface area contributed by atoms with Gasteiger partial charge in [0, 0.05) is 25.5 Å². The fourth-order valence-corrected chi connectivity index (χ4v) is 3.26. The minimum atomic E-state index is -4.63. The lowest BCUT2D eigenvalue weighted by atomic mass is 10.0. The molecule has 3 aromatic rings. The van der Waals surface area contributed by atoms with E-state index in [4.69, 9.17) is 4.74 Å². The number of aryl methyl sites for hydroxylation is 1. The maximum Gasteiger partial charge on any atom is 0.453 e. The van der Waals surface area contributed by atoms with Crippen LogP contribution in [0.2, 0.25) is 0 Å². The smallest absolute Gasteiger partial charge is 0.368 e. The average molecular weight is 381 g/mol. The van der Waals surface area contributed by atoms with Crippen molar-refractivity contribution in [3.05, 3.63) is 36.2 Å². The summed E-state index contributed by atoms with van der Waals surface area (Å²) in [5, 5.41) is 13.9. The summed E-state index contributed by atoms with van der Waals surface area (Å²) in [7, 11) is 0. The molecule has 0 radical (unpaired) electrons. The Morgan fingerprint density at radius 1 is 1.30 bits per heavy atom. The maximum atomic E-state index is 13.1. The highest BCUT2D eigenvalue weighted by molar-refractivity contribution is 5.45. The first-order valence-corrected chi connectivity index (χ1v) is 8.66. The van der Waals surface area contributed by atoms with Gasteiger partial charge in [0.1, 0.15) is 17.7 Å². The molecule has 8 nitrogen and oxygen atoms in total. The van der Waals surface area contributed by atoms with E-state index in [9.17, 15) is 13.2 Å². The number of aromatic nitrogens is 6. The van der Waals surface area contributed by atoms with Crippen LogP contribution in [0.15, 0.2) is 24.5 Å². The van der Waals surface area contributed by atoms with Gasteiger partial charge in [0.15, 0.2) is 5.65 Å². The first-order chi connectivity index (χ1) is 13.0. The lowest BCUT2D eigenvalue weighted by Crippen LogP contribution is -2.35. The molecular formula is C16H18F3N7O. The molecule has 4 rings (SSSR count). The second-order valence-electron chi connectivity index (χ2n) is 6.27. The summed E-state index contributed by atoms with van der Waals surface area (Å²) < 4.78 is 47.8. The van der Waals surface area contributed by atoms with Crippen LogP contribution in [0.1, 0.15) is 37.5 Å². The topological polar surface area (TPSA) is 82.2 Å². The van der Waals surface area contributed by atoms with Gasteiger partial charge in [0.05, 0.1) is 6.04 Å². The molecular weight excluding hydrogens is 363 g/mol. The largest absolute Gasteiger partial charge is 0.453 e. The van der Waals surface area contributed by atoms with E-state index in [1.54, 1.807) is 12.3 Å². The Balaban J connectivity index is 1.63. The van der Waals surface area contributed by atoms with Gasteiger partial charge in [-0.3, -0.25) is 0 Å². The molecule has 0 aromatic carbocycles. The molecule has 0 aliphatic carbocycles. The molecule has 1 aliphatic rings. The van der Waals surface area contributed by atoms with Crippen molar-refractivity contribution in [3.8, 4) is 0 Å². The van der Waals surface area contributed by atoms with Crippen LogP contribution in [0.4, 0.5) is 19.0 Å². The van der Waals surface area contributed by atoms with Crippen LogP contribution >= 0.6 is 0 Å². The predicted molar refractivity (Wildman–Crippen MR) is 89.0 cm³/mol. The van der Waals surface area contributed by atoms with E-state index in [-0.39, 0.29) is 17.8 Å². The average Bonchev–Trinajstić information content (AvgIpc) is 3.28. The number of nitrogens with one attached hydrogen (secondary N) is 1. The lowest BCUT2D eigenvalue weighted by molar-refractivity contribution is -0.146. The molecule has 0 unspecified atom stereocenters. The van der Waals surface area contributed by atoms with Crippen LogP contribution in [-0.2, 0) is 17.5 Å². The molecule has 1 saturated heterocycles. The molecule has 1 aliphatic heterocycles. The molecule has 1 N–H and O–H groups in total. The first-order valence-electron chi connectivity index (χ1n) is 8.66. The monoisotopic (exact) mass is 381 g/mol. The van der Waals surface area contributed by atoms with Crippen LogP contribution in [0, 0.1) is 0 Å². The summed E-state index contributed by atoms with van der Waals surface area (Å²) in [6.45, 7) is 3.37. The Morgan fingerprint density at radius 3 is 2.93 bits per heavy atom. The number of fused-ring (bicyclic) bond motifs is 1. The van der Waals surface area contributed by atoms with Gasteiger partial charge in [0.25, 0.3) is 5.82 Å². The van der Waals surface area contributed by atoms with Crippen LogP contribution in [0.3, 0.4) is 0 Å². The van der Waals surface area contributed by atoms with E-state index >= 15 is 0 Å². The molecule has 4 heterocycles. The third kappa shape index (κ3) is 3.34. The van der Waals surface area contributed by atoms with Gasteiger partial charge in [0.2, 0.25) is 0 Å². The Kier molecular flexibility index (Phi) is 4.46. The number of nitrogens with zero attached hydrogens (tertiary/aromatic N) is 6. The Labute approximate surface area is 152 Å². The van der Waals surface area contributed by atoms with E-state index < -0.39 is 12.0 Å². The van der Waals surface area contributed by atoms with Crippen molar-refractivity contribution in [2.45, 2.75) is 44.6 Å². The molecule has 11 heteroatoms. The number of anilines is 1. The van der Waals surface area contributed by atoms with Crippen molar-refractivity contribution in [1.82, 2.24) is 29.4 Å². The highest BCUT2D eigenvalue weighted by Crippen LogP contribution is 2.31. The number of rotatable bonds is 4. The molecule has 3 aromatic heterocycles. The summed E-state index contributed by atoms with van der Waals surface area (Å²) in [6, 6.07) is 2.87. The number of ether oxygens (including phenoxy) is 1. The second-order valence-corrected chi connectivity index (χ2v) is 6.27. The lowest BCUT2D eigenvalue weighted by Gasteiger charge is -2.32. The highest BCUT2D eigenvalue weighted by atomic mass is 19.4. The molecule has 144 valence electrons. The van der Waals surface area contributed by atoms with E-state index in [0.29, 0.717) is 16.9 Å². The molecule has 0 spiro atoms. The van der Waals surface area contributed by atoms with E-state index in [0.717, 1.165) is 25.2 Å². The van der Waals surface area contributed by atoms with E-state index in [2.05, 4.69) is 25.6 Å². The van der Waals surface area contributed by atoms with E-state index in [1.807, 2.05) is 17.7 Å². The Hall–Kier alpha value is -2.69. The van der Waals surface area contributed by atoms with Crippen molar-refractivity contribution >= 4 is 11.5 Å². The quantitative estimate of drug-likeness (QED) is 0.748. The standard InChI is InChI=1S/C16H18F3N7O/c1-2-25-8-7-20-14(25)13-10(4-3-9-27-13)21-11-5-6-12-22-23-15(16(17,18)19)26(12)24-11/h5-8,10,13H,2-4,9H2,1H3,(H,21,24)/t10-,13-/m0/s1. The highest BCUT2D eigenvalue weighted by Gasteiger charge is 2.38. The number of hydrogen-bond acceptors (Lipinski definition) is 6. The molecule has 2 atom stereocenters. The predicted octanol–water partition coefficient (Wildman–Crippen LogP) is 2.69.